The van der Waals surface area contributed by atoms with E-state index in [9.17, 15) is 22.8 Å². The fourth-order valence-electron chi connectivity index (χ4n) is 4.17. The molecule has 1 N–H and O–H groups in total. The first-order chi connectivity index (χ1) is 16.1. The van der Waals surface area contributed by atoms with Gasteiger partial charge in [0.15, 0.2) is 0 Å². The van der Waals surface area contributed by atoms with Crippen LogP contribution in [0.25, 0.3) is 5.69 Å². The largest absolute Gasteiger partial charge is 0.416 e. The van der Waals surface area contributed by atoms with Crippen molar-refractivity contribution < 1.29 is 22.8 Å². The molecule has 1 saturated heterocycles. The third-order valence-electron chi connectivity index (χ3n) is 5.88. The standard InChI is InChI=1S/C25H25F3N4O2/c1-16-13-17(2)32(30-16)21-10-8-18(9-11-21)24(34)29-22(15-31-12-4-7-23(31)33)19-5-3-6-20(14-19)25(26,27)28/h3,5-6,8-11,13-14,22H,4,7,12,15H2,1-2H3,(H,29,34). The summed E-state index contributed by atoms with van der Waals surface area (Å²) in [5, 5.41) is 7.25. The first kappa shape index (κ1) is 23.5. The lowest BCUT2D eigenvalue weighted by molar-refractivity contribution is -0.137. The number of amides is 2. The van der Waals surface area contributed by atoms with Gasteiger partial charge < -0.3 is 10.2 Å². The average Bonchev–Trinajstić information content (AvgIpc) is 3.36. The van der Waals surface area contributed by atoms with Gasteiger partial charge in [0.2, 0.25) is 5.91 Å². The van der Waals surface area contributed by atoms with Gasteiger partial charge in [-0.15, -0.1) is 0 Å². The molecule has 0 bridgehead atoms. The van der Waals surface area contributed by atoms with Gasteiger partial charge >= 0.3 is 6.18 Å². The van der Waals surface area contributed by atoms with E-state index in [1.807, 2.05) is 19.9 Å². The van der Waals surface area contributed by atoms with E-state index < -0.39 is 23.7 Å². The van der Waals surface area contributed by atoms with Gasteiger partial charge in [0.1, 0.15) is 0 Å². The van der Waals surface area contributed by atoms with Crippen molar-refractivity contribution in [3.8, 4) is 5.69 Å². The maximum absolute atomic E-state index is 13.3. The SMILES string of the molecule is Cc1cc(C)n(-c2ccc(C(=O)NC(CN3CCCC3=O)c3cccc(C(F)(F)F)c3)cc2)n1. The second-order valence-corrected chi connectivity index (χ2v) is 8.48. The van der Waals surface area contributed by atoms with Gasteiger partial charge in [0.05, 0.1) is 23.0 Å². The second kappa shape index (κ2) is 9.32. The summed E-state index contributed by atoms with van der Waals surface area (Å²) in [5.74, 6) is -0.505. The third kappa shape index (κ3) is 5.13. The summed E-state index contributed by atoms with van der Waals surface area (Å²) < 4.78 is 41.6. The van der Waals surface area contributed by atoms with Crippen LogP contribution in [0.5, 0.6) is 0 Å². The molecular weight excluding hydrogens is 445 g/mol. The maximum atomic E-state index is 13.3. The molecular formula is C25H25F3N4O2. The van der Waals surface area contributed by atoms with Crippen LogP contribution in [-0.4, -0.2) is 39.6 Å². The Balaban J connectivity index is 1.58. The van der Waals surface area contributed by atoms with E-state index in [2.05, 4.69) is 10.4 Å². The molecule has 1 aromatic heterocycles. The first-order valence-corrected chi connectivity index (χ1v) is 11.0. The smallest absolute Gasteiger partial charge is 0.343 e. The van der Waals surface area contributed by atoms with Gasteiger partial charge in [-0.05, 0) is 68.3 Å². The van der Waals surface area contributed by atoms with Crippen LogP contribution in [0.15, 0.2) is 54.6 Å². The van der Waals surface area contributed by atoms with Crippen LogP contribution in [0.1, 0.15) is 51.8 Å². The molecule has 9 heteroatoms. The molecule has 6 nitrogen and oxygen atoms in total. The number of likely N-dealkylation sites (tertiary alicyclic amines) is 1. The highest BCUT2D eigenvalue weighted by Gasteiger charge is 2.32. The highest BCUT2D eigenvalue weighted by Crippen LogP contribution is 2.31. The van der Waals surface area contributed by atoms with Crippen LogP contribution >= 0.6 is 0 Å². The van der Waals surface area contributed by atoms with Crippen molar-refractivity contribution in [3.63, 3.8) is 0 Å². The van der Waals surface area contributed by atoms with Crippen LogP contribution in [0.4, 0.5) is 13.2 Å². The average molecular weight is 470 g/mol. The number of aryl methyl sites for hydroxylation is 2. The molecule has 34 heavy (non-hydrogen) atoms. The molecule has 1 aliphatic rings. The Kier molecular flexibility index (Phi) is 6.45. The Morgan fingerprint density at radius 3 is 2.44 bits per heavy atom. The quantitative estimate of drug-likeness (QED) is 0.573. The minimum absolute atomic E-state index is 0.0690. The van der Waals surface area contributed by atoms with E-state index in [0.29, 0.717) is 30.5 Å². The summed E-state index contributed by atoms with van der Waals surface area (Å²) in [4.78, 5) is 26.8. The predicted molar refractivity (Wildman–Crippen MR) is 121 cm³/mol. The van der Waals surface area contributed by atoms with E-state index >= 15 is 0 Å². The van der Waals surface area contributed by atoms with E-state index in [0.717, 1.165) is 29.2 Å². The fourth-order valence-corrected chi connectivity index (χ4v) is 4.17. The lowest BCUT2D eigenvalue weighted by Gasteiger charge is -2.26. The van der Waals surface area contributed by atoms with Crippen LogP contribution in [0.2, 0.25) is 0 Å². The molecule has 2 heterocycles. The molecule has 4 rings (SSSR count). The summed E-state index contributed by atoms with van der Waals surface area (Å²) >= 11 is 0. The van der Waals surface area contributed by atoms with E-state index in [4.69, 9.17) is 0 Å². The molecule has 2 amide bonds. The summed E-state index contributed by atoms with van der Waals surface area (Å²) in [5.41, 5.74) is 2.47. The Hall–Kier alpha value is -3.62. The number of nitrogens with zero attached hydrogens (tertiary/aromatic N) is 3. The van der Waals surface area contributed by atoms with Gasteiger partial charge in [-0.1, -0.05) is 12.1 Å². The van der Waals surface area contributed by atoms with Crippen molar-refractivity contribution in [3.05, 3.63) is 82.7 Å². The van der Waals surface area contributed by atoms with Crippen LogP contribution < -0.4 is 5.32 Å². The Bertz CT molecular complexity index is 1200. The van der Waals surface area contributed by atoms with Crippen LogP contribution in [-0.2, 0) is 11.0 Å². The minimum Gasteiger partial charge on any atom is -0.343 e. The summed E-state index contributed by atoms with van der Waals surface area (Å²) in [6.07, 6.45) is -3.42. The molecule has 0 spiro atoms. The zero-order valence-electron chi connectivity index (χ0n) is 18.9. The topological polar surface area (TPSA) is 67.2 Å². The number of alkyl halides is 3. The van der Waals surface area contributed by atoms with E-state index in [-0.39, 0.29) is 12.5 Å². The van der Waals surface area contributed by atoms with Crippen LogP contribution in [0, 0.1) is 13.8 Å². The Morgan fingerprint density at radius 2 is 1.85 bits per heavy atom. The van der Waals surface area contributed by atoms with Crippen molar-refractivity contribution in [1.29, 1.82) is 0 Å². The summed E-state index contributed by atoms with van der Waals surface area (Å²) in [7, 11) is 0. The zero-order valence-corrected chi connectivity index (χ0v) is 18.9. The van der Waals surface area contributed by atoms with Crippen molar-refractivity contribution >= 4 is 11.8 Å². The van der Waals surface area contributed by atoms with E-state index in [1.165, 1.54) is 12.1 Å². The van der Waals surface area contributed by atoms with Gasteiger partial charge in [-0.2, -0.15) is 18.3 Å². The van der Waals surface area contributed by atoms with Gasteiger partial charge in [-0.25, -0.2) is 4.68 Å². The van der Waals surface area contributed by atoms with Gasteiger partial charge in [-0.3, -0.25) is 9.59 Å². The van der Waals surface area contributed by atoms with Crippen molar-refractivity contribution in [2.45, 2.75) is 38.9 Å². The lowest BCUT2D eigenvalue weighted by Crippen LogP contribution is -2.38. The number of aromatic nitrogens is 2. The molecule has 0 aliphatic carbocycles. The van der Waals surface area contributed by atoms with E-state index in [1.54, 1.807) is 33.8 Å². The minimum atomic E-state index is -4.51. The number of hydrogen-bond donors (Lipinski definition) is 1. The van der Waals surface area contributed by atoms with Crippen molar-refractivity contribution in [2.75, 3.05) is 13.1 Å². The Morgan fingerprint density at radius 1 is 1.12 bits per heavy atom. The third-order valence-corrected chi connectivity index (χ3v) is 5.88. The van der Waals surface area contributed by atoms with Gasteiger partial charge in [0, 0.05) is 30.8 Å². The molecule has 3 aromatic rings. The highest BCUT2D eigenvalue weighted by molar-refractivity contribution is 5.94. The summed E-state index contributed by atoms with van der Waals surface area (Å²) in [6, 6.07) is 12.8. The molecule has 1 aliphatic heterocycles. The molecule has 178 valence electrons. The van der Waals surface area contributed by atoms with Crippen molar-refractivity contribution in [2.24, 2.45) is 0 Å². The van der Waals surface area contributed by atoms with Crippen molar-refractivity contribution in [1.82, 2.24) is 20.0 Å². The molecule has 0 saturated carbocycles. The highest BCUT2D eigenvalue weighted by atomic mass is 19.4. The summed E-state index contributed by atoms with van der Waals surface area (Å²) in [6.45, 7) is 4.45. The number of carbonyl (C=O) groups excluding carboxylic acids is 2. The monoisotopic (exact) mass is 470 g/mol. The lowest BCUT2D eigenvalue weighted by atomic mass is 10.0. The van der Waals surface area contributed by atoms with Crippen LogP contribution in [0.3, 0.4) is 0 Å². The molecule has 2 aromatic carbocycles. The Labute approximate surface area is 195 Å². The van der Waals surface area contributed by atoms with Gasteiger partial charge in [0.25, 0.3) is 5.91 Å². The number of carbonyl (C=O) groups is 2. The number of hydrogen-bond acceptors (Lipinski definition) is 3. The number of halogens is 3. The molecule has 1 unspecified atom stereocenters. The normalized spacial score (nSPS) is 15.0. The molecule has 0 radical (unpaired) electrons. The number of nitrogens with one attached hydrogen (secondary N) is 1. The molecule has 1 atom stereocenters. The predicted octanol–water partition coefficient (Wildman–Crippen LogP) is 4.60. The fraction of sp³-hybridized carbons (Fsp3) is 0.320. The zero-order chi connectivity index (χ0) is 24.5. The second-order valence-electron chi connectivity index (χ2n) is 8.48. The number of benzene rings is 2. The maximum Gasteiger partial charge on any atom is 0.416 e. The first-order valence-electron chi connectivity index (χ1n) is 11.0. The number of rotatable bonds is 6. The molecule has 1 fully saturated rings.